The highest BCUT2D eigenvalue weighted by molar-refractivity contribution is 5.91. The molecule has 0 aliphatic heterocycles. The van der Waals surface area contributed by atoms with Crippen molar-refractivity contribution in [2.24, 2.45) is 5.92 Å². The SMILES string of the molecule is C#CC(Nc1cc(C)nc2ccccc12)C(C)C. The number of nitrogens with zero attached hydrogens (tertiary/aromatic N) is 1. The monoisotopic (exact) mass is 238 g/mol. The summed E-state index contributed by atoms with van der Waals surface area (Å²) in [6.45, 7) is 6.24. The maximum atomic E-state index is 5.58. The summed E-state index contributed by atoms with van der Waals surface area (Å²) < 4.78 is 0. The van der Waals surface area contributed by atoms with Gasteiger partial charge < -0.3 is 5.32 Å². The second kappa shape index (κ2) is 5.10. The summed E-state index contributed by atoms with van der Waals surface area (Å²) in [5.74, 6) is 3.19. The van der Waals surface area contributed by atoms with E-state index in [4.69, 9.17) is 6.42 Å². The van der Waals surface area contributed by atoms with Crippen LogP contribution in [0.15, 0.2) is 30.3 Å². The normalized spacial score (nSPS) is 12.4. The number of aromatic nitrogens is 1. The van der Waals surface area contributed by atoms with Crippen LogP contribution in [0.2, 0.25) is 0 Å². The van der Waals surface area contributed by atoms with Gasteiger partial charge in [0.1, 0.15) is 0 Å². The second-order valence-electron chi connectivity index (χ2n) is 4.86. The molecule has 2 rings (SSSR count). The van der Waals surface area contributed by atoms with Gasteiger partial charge in [0.25, 0.3) is 0 Å². The van der Waals surface area contributed by atoms with Gasteiger partial charge in [-0.2, -0.15) is 0 Å². The van der Waals surface area contributed by atoms with E-state index in [1.807, 2.05) is 25.1 Å². The van der Waals surface area contributed by atoms with Crippen molar-refractivity contribution < 1.29 is 0 Å². The molecule has 0 saturated carbocycles. The zero-order valence-corrected chi connectivity index (χ0v) is 11.1. The topological polar surface area (TPSA) is 24.9 Å². The fraction of sp³-hybridized carbons (Fsp3) is 0.312. The van der Waals surface area contributed by atoms with Crippen LogP contribution in [-0.4, -0.2) is 11.0 Å². The fourth-order valence-electron chi connectivity index (χ4n) is 2.00. The molecule has 0 spiro atoms. The molecule has 0 aliphatic rings. The van der Waals surface area contributed by atoms with Crippen LogP contribution in [0.5, 0.6) is 0 Å². The lowest BCUT2D eigenvalue weighted by atomic mass is 10.0. The third-order valence-electron chi connectivity index (χ3n) is 3.00. The molecule has 2 nitrogen and oxygen atoms in total. The van der Waals surface area contributed by atoms with E-state index < -0.39 is 0 Å². The zero-order chi connectivity index (χ0) is 13.1. The van der Waals surface area contributed by atoms with E-state index in [1.165, 1.54) is 0 Å². The predicted octanol–water partition coefficient (Wildman–Crippen LogP) is 3.61. The van der Waals surface area contributed by atoms with Gasteiger partial charge in [-0.15, -0.1) is 6.42 Å². The maximum absolute atomic E-state index is 5.58. The van der Waals surface area contributed by atoms with E-state index in [0.717, 1.165) is 22.3 Å². The van der Waals surface area contributed by atoms with Crippen molar-refractivity contribution in [3.8, 4) is 12.3 Å². The average molecular weight is 238 g/mol. The minimum Gasteiger partial charge on any atom is -0.371 e. The average Bonchev–Trinajstić information content (AvgIpc) is 2.35. The van der Waals surface area contributed by atoms with Gasteiger partial charge in [-0.25, -0.2) is 0 Å². The maximum Gasteiger partial charge on any atom is 0.0897 e. The molecule has 18 heavy (non-hydrogen) atoms. The number of para-hydroxylation sites is 1. The molecule has 0 fully saturated rings. The minimum absolute atomic E-state index is 0.0372. The van der Waals surface area contributed by atoms with Crippen LogP contribution < -0.4 is 5.32 Å². The summed E-state index contributed by atoms with van der Waals surface area (Å²) in [4.78, 5) is 4.52. The molecule has 0 amide bonds. The molecular formula is C16H18N2. The molecule has 1 aromatic heterocycles. The van der Waals surface area contributed by atoms with Crippen molar-refractivity contribution >= 4 is 16.6 Å². The Hall–Kier alpha value is -2.01. The van der Waals surface area contributed by atoms with Crippen LogP contribution in [-0.2, 0) is 0 Å². The van der Waals surface area contributed by atoms with Crippen molar-refractivity contribution in [1.29, 1.82) is 0 Å². The van der Waals surface area contributed by atoms with E-state index in [2.05, 4.69) is 42.2 Å². The molecule has 2 heteroatoms. The Morgan fingerprint density at radius 2 is 2.00 bits per heavy atom. The number of rotatable bonds is 3. The van der Waals surface area contributed by atoms with Crippen LogP contribution in [0.4, 0.5) is 5.69 Å². The first kappa shape index (κ1) is 12.4. The predicted molar refractivity (Wildman–Crippen MR) is 77.6 cm³/mol. The lowest BCUT2D eigenvalue weighted by Gasteiger charge is -2.19. The first-order chi connectivity index (χ1) is 8.61. The highest BCUT2D eigenvalue weighted by Crippen LogP contribution is 2.24. The van der Waals surface area contributed by atoms with Gasteiger partial charge in [-0.3, -0.25) is 4.98 Å². The lowest BCUT2D eigenvalue weighted by molar-refractivity contribution is 0.615. The van der Waals surface area contributed by atoms with Crippen molar-refractivity contribution in [3.05, 3.63) is 36.0 Å². The van der Waals surface area contributed by atoms with Gasteiger partial charge in [-0.05, 0) is 25.0 Å². The molecule has 1 unspecified atom stereocenters. The Balaban J connectivity index is 2.47. The Bertz CT molecular complexity index is 594. The lowest BCUT2D eigenvalue weighted by Crippen LogP contribution is -2.23. The first-order valence-corrected chi connectivity index (χ1v) is 6.21. The highest BCUT2D eigenvalue weighted by atomic mass is 14.9. The summed E-state index contributed by atoms with van der Waals surface area (Å²) in [7, 11) is 0. The molecule has 2 aromatic rings. The molecule has 1 aromatic carbocycles. The number of terminal acetylenes is 1. The van der Waals surface area contributed by atoms with Crippen molar-refractivity contribution in [1.82, 2.24) is 4.98 Å². The quantitative estimate of drug-likeness (QED) is 0.826. The number of nitrogens with one attached hydrogen (secondary N) is 1. The van der Waals surface area contributed by atoms with Crippen LogP contribution in [0.1, 0.15) is 19.5 Å². The highest BCUT2D eigenvalue weighted by Gasteiger charge is 2.11. The van der Waals surface area contributed by atoms with Crippen LogP contribution >= 0.6 is 0 Å². The van der Waals surface area contributed by atoms with Gasteiger partial charge in [0.15, 0.2) is 0 Å². The Labute approximate surface area is 108 Å². The van der Waals surface area contributed by atoms with Gasteiger partial charge >= 0.3 is 0 Å². The Kier molecular flexibility index (Phi) is 3.53. The molecule has 0 radical (unpaired) electrons. The number of pyridine rings is 1. The third-order valence-corrected chi connectivity index (χ3v) is 3.00. The van der Waals surface area contributed by atoms with Gasteiger partial charge in [0.05, 0.1) is 11.6 Å². The van der Waals surface area contributed by atoms with Crippen molar-refractivity contribution in [2.45, 2.75) is 26.8 Å². The smallest absolute Gasteiger partial charge is 0.0897 e. The Morgan fingerprint density at radius 1 is 1.28 bits per heavy atom. The zero-order valence-electron chi connectivity index (χ0n) is 11.1. The number of hydrogen-bond acceptors (Lipinski definition) is 2. The summed E-state index contributed by atoms with van der Waals surface area (Å²) in [6, 6.07) is 10.2. The third kappa shape index (κ3) is 2.46. The van der Waals surface area contributed by atoms with Crippen molar-refractivity contribution in [3.63, 3.8) is 0 Å². The molecule has 0 saturated heterocycles. The van der Waals surface area contributed by atoms with E-state index in [9.17, 15) is 0 Å². The molecule has 92 valence electrons. The van der Waals surface area contributed by atoms with E-state index in [0.29, 0.717) is 5.92 Å². The summed E-state index contributed by atoms with van der Waals surface area (Å²) in [5, 5.41) is 4.55. The number of anilines is 1. The number of benzene rings is 1. The molecule has 0 bridgehead atoms. The molecular weight excluding hydrogens is 220 g/mol. The first-order valence-electron chi connectivity index (χ1n) is 6.21. The summed E-state index contributed by atoms with van der Waals surface area (Å²) >= 11 is 0. The number of hydrogen-bond donors (Lipinski definition) is 1. The second-order valence-corrected chi connectivity index (χ2v) is 4.86. The standard InChI is InChI=1S/C16H18N2/c1-5-14(11(2)3)18-16-10-12(4)17-15-9-7-6-8-13(15)16/h1,6-11,14H,2-4H3,(H,17,18). The summed E-state index contributed by atoms with van der Waals surface area (Å²) in [6.07, 6.45) is 5.58. The van der Waals surface area contributed by atoms with Crippen LogP contribution in [0.25, 0.3) is 10.9 Å². The van der Waals surface area contributed by atoms with Crippen molar-refractivity contribution in [2.75, 3.05) is 5.32 Å². The van der Waals surface area contributed by atoms with E-state index >= 15 is 0 Å². The number of aryl methyl sites for hydroxylation is 1. The van der Waals surface area contributed by atoms with Gasteiger partial charge in [0, 0.05) is 16.8 Å². The van der Waals surface area contributed by atoms with Gasteiger partial charge in [0.2, 0.25) is 0 Å². The summed E-state index contributed by atoms with van der Waals surface area (Å²) in [5.41, 5.74) is 3.06. The minimum atomic E-state index is 0.0372. The fourth-order valence-corrected chi connectivity index (χ4v) is 2.00. The van der Waals surface area contributed by atoms with Crippen LogP contribution in [0.3, 0.4) is 0 Å². The van der Waals surface area contributed by atoms with E-state index in [-0.39, 0.29) is 6.04 Å². The Morgan fingerprint density at radius 3 is 2.67 bits per heavy atom. The van der Waals surface area contributed by atoms with Gasteiger partial charge in [-0.1, -0.05) is 38.0 Å². The number of fused-ring (bicyclic) bond motifs is 1. The van der Waals surface area contributed by atoms with Crippen LogP contribution in [0, 0.1) is 25.2 Å². The molecule has 1 N–H and O–H groups in total. The largest absolute Gasteiger partial charge is 0.371 e. The molecule has 1 heterocycles. The van der Waals surface area contributed by atoms with E-state index in [1.54, 1.807) is 0 Å². The molecule has 0 aliphatic carbocycles. The molecule has 1 atom stereocenters.